The molecule has 1 amide bonds. The lowest BCUT2D eigenvalue weighted by atomic mass is 10.3. The van der Waals surface area contributed by atoms with Crippen LogP contribution in [0.2, 0.25) is 0 Å². The fourth-order valence-corrected chi connectivity index (χ4v) is 1.12. The molecule has 3 nitrogen and oxygen atoms in total. The van der Waals surface area contributed by atoms with Crippen molar-refractivity contribution >= 4 is 5.91 Å². The zero-order valence-corrected chi connectivity index (χ0v) is 9.64. The fraction of sp³-hybridized carbons (Fsp3) is 0.333. The summed E-state index contributed by atoms with van der Waals surface area (Å²) in [4.78, 5) is 13.9. The number of aromatic nitrogens is 1. The van der Waals surface area contributed by atoms with Gasteiger partial charge < -0.3 is 5.32 Å². The van der Waals surface area contributed by atoms with Gasteiger partial charge in [0.05, 0.1) is 0 Å². The number of hydrogen-bond acceptors (Lipinski definition) is 2. The molecular formula is C12H11F3N2O. The molecule has 0 aliphatic rings. The van der Waals surface area contributed by atoms with Crippen LogP contribution in [0.3, 0.4) is 0 Å². The number of carbonyl (C=O) groups excluding carboxylic acids is 1. The number of rotatable bonds is 2. The lowest BCUT2D eigenvalue weighted by Gasteiger charge is -2.04. The first-order chi connectivity index (χ1) is 8.39. The maximum Gasteiger partial charge on any atom is 0.433 e. The quantitative estimate of drug-likeness (QED) is 0.649. The number of amides is 1. The molecule has 0 unspecified atom stereocenters. The minimum absolute atomic E-state index is 0.0626. The van der Waals surface area contributed by atoms with Crippen LogP contribution in [0.5, 0.6) is 0 Å². The molecule has 0 radical (unpaired) electrons. The lowest BCUT2D eigenvalue weighted by molar-refractivity contribution is -0.141. The van der Waals surface area contributed by atoms with Crippen molar-refractivity contribution in [2.45, 2.75) is 19.5 Å². The molecule has 0 aliphatic heterocycles. The van der Waals surface area contributed by atoms with Crippen molar-refractivity contribution in [2.24, 2.45) is 0 Å². The van der Waals surface area contributed by atoms with Crippen molar-refractivity contribution in [3.8, 4) is 11.8 Å². The molecule has 6 heteroatoms. The van der Waals surface area contributed by atoms with Gasteiger partial charge in [0.2, 0.25) is 5.91 Å². The van der Waals surface area contributed by atoms with Crippen molar-refractivity contribution in [3.63, 3.8) is 0 Å². The third kappa shape index (κ3) is 4.87. The third-order valence-corrected chi connectivity index (χ3v) is 1.88. The maximum absolute atomic E-state index is 12.3. The molecule has 0 saturated heterocycles. The molecule has 1 heterocycles. The second-order valence-corrected chi connectivity index (χ2v) is 3.44. The number of hydrogen-bond donors (Lipinski definition) is 1. The van der Waals surface area contributed by atoms with Gasteiger partial charge in [-0.25, -0.2) is 4.98 Å². The van der Waals surface area contributed by atoms with E-state index in [1.54, 1.807) is 0 Å². The smallest absolute Gasteiger partial charge is 0.355 e. The van der Waals surface area contributed by atoms with E-state index in [9.17, 15) is 18.0 Å². The van der Waals surface area contributed by atoms with E-state index in [0.29, 0.717) is 13.0 Å². The summed E-state index contributed by atoms with van der Waals surface area (Å²) in [5.74, 6) is 4.99. The van der Waals surface area contributed by atoms with Crippen LogP contribution in [-0.2, 0) is 11.0 Å². The molecule has 1 aromatic rings. The number of carbonyl (C=O) groups is 1. The fourth-order valence-electron chi connectivity index (χ4n) is 1.12. The molecule has 18 heavy (non-hydrogen) atoms. The number of halogens is 3. The Morgan fingerprint density at radius 3 is 2.78 bits per heavy atom. The minimum Gasteiger partial charge on any atom is -0.355 e. The molecule has 0 spiro atoms. The Labute approximate surface area is 102 Å². The summed E-state index contributed by atoms with van der Waals surface area (Å²) >= 11 is 0. The highest BCUT2D eigenvalue weighted by Gasteiger charge is 2.32. The first-order valence-corrected chi connectivity index (χ1v) is 5.17. The van der Waals surface area contributed by atoms with Crippen LogP contribution < -0.4 is 5.32 Å². The Bertz CT molecular complexity index is 486. The van der Waals surface area contributed by atoms with Gasteiger partial charge in [-0.3, -0.25) is 4.79 Å². The van der Waals surface area contributed by atoms with E-state index in [1.165, 1.54) is 19.1 Å². The van der Waals surface area contributed by atoms with Gasteiger partial charge in [-0.15, -0.1) is 0 Å². The molecule has 1 aromatic heterocycles. The first kappa shape index (κ1) is 14.0. The average Bonchev–Trinajstić information content (AvgIpc) is 2.27. The van der Waals surface area contributed by atoms with Gasteiger partial charge in [0, 0.05) is 19.9 Å². The standard InChI is InChI=1S/C12H11F3N2O/c1-9(18)16-8-3-2-5-10-6-4-7-11(17-10)12(13,14)15/h4,6-7H,3,8H2,1H3,(H,16,18). The molecule has 0 aliphatic carbocycles. The minimum atomic E-state index is -4.46. The SMILES string of the molecule is CC(=O)NCCC#Cc1cccc(C(F)(F)F)n1. The summed E-state index contributed by atoms with van der Waals surface area (Å²) in [6.45, 7) is 1.74. The Kier molecular flexibility index (Phi) is 4.72. The van der Waals surface area contributed by atoms with Gasteiger partial charge in [0.1, 0.15) is 11.4 Å². The topological polar surface area (TPSA) is 42.0 Å². The highest BCUT2D eigenvalue weighted by atomic mass is 19.4. The van der Waals surface area contributed by atoms with Crippen molar-refractivity contribution in [2.75, 3.05) is 6.54 Å². The van der Waals surface area contributed by atoms with Crippen LogP contribution >= 0.6 is 0 Å². The number of nitrogens with one attached hydrogen (secondary N) is 1. The third-order valence-electron chi connectivity index (χ3n) is 1.88. The molecule has 0 bridgehead atoms. The van der Waals surface area contributed by atoms with E-state index in [-0.39, 0.29) is 11.6 Å². The van der Waals surface area contributed by atoms with Crippen molar-refractivity contribution in [3.05, 3.63) is 29.6 Å². The van der Waals surface area contributed by atoms with Crippen LogP contribution in [0.25, 0.3) is 0 Å². The monoisotopic (exact) mass is 256 g/mol. The molecule has 1 rings (SSSR count). The Morgan fingerprint density at radius 1 is 1.44 bits per heavy atom. The van der Waals surface area contributed by atoms with E-state index in [0.717, 1.165) is 6.07 Å². The molecule has 0 fully saturated rings. The summed E-state index contributed by atoms with van der Waals surface area (Å²) in [5.41, 5.74) is -0.899. The zero-order valence-electron chi connectivity index (χ0n) is 9.64. The van der Waals surface area contributed by atoms with E-state index in [4.69, 9.17) is 0 Å². The number of nitrogens with zero attached hydrogens (tertiary/aromatic N) is 1. The molecule has 0 saturated carbocycles. The summed E-state index contributed by atoms with van der Waals surface area (Å²) in [6.07, 6.45) is -4.11. The van der Waals surface area contributed by atoms with Gasteiger partial charge in [0.25, 0.3) is 0 Å². The normalized spacial score (nSPS) is 10.4. The van der Waals surface area contributed by atoms with Gasteiger partial charge in [-0.2, -0.15) is 13.2 Å². The van der Waals surface area contributed by atoms with Gasteiger partial charge in [-0.05, 0) is 18.1 Å². The zero-order chi connectivity index (χ0) is 13.6. The summed E-state index contributed by atoms with van der Waals surface area (Å²) in [7, 11) is 0. The van der Waals surface area contributed by atoms with Gasteiger partial charge in [-0.1, -0.05) is 12.0 Å². The predicted octanol–water partition coefficient (Wildman–Crippen LogP) is 1.98. The largest absolute Gasteiger partial charge is 0.433 e. The summed E-state index contributed by atoms with van der Waals surface area (Å²) in [5, 5.41) is 2.53. The Balaban J connectivity index is 2.63. The molecule has 96 valence electrons. The van der Waals surface area contributed by atoms with Crippen molar-refractivity contribution in [1.29, 1.82) is 0 Å². The highest BCUT2D eigenvalue weighted by Crippen LogP contribution is 2.27. The Morgan fingerprint density at radius 2 is 2.17 bits per heavy atom. The number of alkyl halides is 3. The van der Waals surface area contributed by atoms with E-state index in [1.807, 2.05) is 0 Å². The molecular weight excluding hydrogens is 245 g/mol. The summed E-state index contributed by atoms with van der Waals surface area (Å²) < 4.78 is 37.0. The first-order valence-electron chi connectivity index (χ1n) is 5.17. The van der Waals surface area contributed by atoms with Crippen LogP contribution in [0, 0.1) is 11.8 Å². The predicted molar refractivity (Wildman–Crippen MR) is 59.4 cm³/mol. The van der Waals surface area contributed by atoms with E-state index in [2.05, 4.69) is 22.1 Å². The molecule has 0 atom stereocenters. The van der Waals surface area contributed by atoms with Crippen LogP contribution in [-0.4, -0.2) is 17.4 Å². The Hall–Kier alpha value is -2.03. The average molecular weight is 256 g/mol. The second kappa shape index (κ2) is 6.05. The molecule has 0 aromatic carbocycles. The van der Waals surface area contributed by atoms with Gasteiger partial charge >= 0.3 is 6.18 Å². The van der Waals surface area contributed by atoms with E-state index >= 15 is 0 Å². The second-order valence-electron chi connectivity index (χ2n) is 3.44. The number of pyridine rings is 1. The summed E-state index contributed by atoms with van der Waals surface area (Å²) in [6, 6.07) is 3.55. The van der Waals surface area contributed by atoms with Crippen LogP contribution in [0.4, 0.5) is 13.2 Å². The van der Waals surface area contributed by atoms with Crippen LogP contribution in [0.1, 0.15) is 24.7 Å². The lowest BCUT2D eigenvalue weighted by Crippen LogP contribution is -2.20. The maximum atomic E-state index is 12.3. The van der Waals surface area contributed by atoms with Crippen molar-refractivity contribution in [1.82, 2.24) is 10.3 Å². The van der Waals surface area contributed by atoms with E-state index < -0.39 is 11.9 Å². The van der Waals surface area contributed by atoms with Gasteiger partial charge in [0.15, 0.2) is 0 Å². The highest BCUT2D eigenvalue weighted by molar-refractivity contribution is 5.72. The van der Waals surface area contributed by atoms with Crippen LogP contribution in [0.15, 0.2) is 18.2 Å². The van der Waals surface area contributed by atoms with Crippen molar-refractivity contribution < 1.29 is 18.0 Å². The molecule has 1 N–H and O–H groups in total.